The molecule has 1 atom stereocenters. The van der Waals surface area contributed by atoms with Crippen molar-refractivity contribution in [1.82, 2.24) is 0 Å². The highest BCUT2D eigenvalue weighted by molar-refractivity contribution is 5.96. The summed E-state index contributed by atoms with van der Waals surface area (Å²) in [6, 6.07) is 4.02. The number of carbonyl (C=O) groups is 1. The number of β-amino-alcohol motifs (C(OH)–C–C–N with tert-alkyl or cyclic N) is 1. The van der Waals surface area contributed by atoms with Gasteiger partial charge in [0, 0.05) is 5.69 Å². The van der Waals surface area contributed by atoms with Crippen molar-refractivity contribution < 1.29 is 9.90 Å². The van der Waals surface area contributed by atoms with Crippen molar-refractivity contribution in [3.05, 3.63) is 28.8 Å². The highest BCUT2D eigenvalue weighted by Crippen LogP contribution is 2.26. The number of hydrogen-bond donors (Lipinski definition) is 1. The summed E-state index contributed by atoms with van der Waals surface area (Å²) >= 11 is 0. The monoisotopic (exact) mass is 219 g/mol. The lowest BCUT2D eigenvalue weighted by Gasteiger charge is -2.18. The molecule has 1 aliphatic rings. The summed E-state index contributed by atoms with van der Waals surface area (Å²) in [5.41, 5.74) is 4.53. The molecule has 0 aliphatic carbocycles. The molecule has 3 nitrogen and oxygen atoms in total. The van der Waals surface area contributed by atoms with Gasteiger partial charge in [-0.3, -0.25) is 4.79 Å². The largest absolute Gasteiger partial charge is 0.391 e. The Balaban J connectivity index is 2.38. The van der Waals surface area contributed by atoms with E-state index in [4.69, 9.17) is 0 Å². The third-order valence-electron chi connectivity index (χ3n) is 3.33. The Morgan fingerprint density at radius 2 is 1.81 bits per heavy atom. The topological polar surface area (TPSA) is 40.5 Å². The van der Waals surface area contributed by atoms with Gasteiger partial charge in [0.15, 0.2) is 0 Å². The standard InChI is InChI=1S/C13H17NO2/c1-8-4-11(5-9(2)10(8)3)14-7-12(15)6-13(14)16/h4-5,12,15H,6-7H2,1-3H3. The van der Waals surface area contributed by atoms with E-state index in [1.807, 2.05) is 26.0 Å². The first-order valence-corrected chi connectivity index (χ1v) is 5.55. The van der Waals surface area contributed by atoms with Gasteiger partial charge in [-0.05, 0) is 49.6 Å². The van der Waals surface area contributed by atoms with Crippen LogP contribution in [0.25, 0.3) is 0 Å². The Hall–Kier alpha value is -1.35. The van der Waals surface area contributed by atoms with Crippen molar-refractivity contribution in [2.75, 3.05) is 11.4 Å². The van der Waals surface area contributed by atoms with E-state index < -0.39 is 6.10 Å². The van der Waals surface area contributed by atoms with Crippen LogP contribution < -0.4 is 4.90 Å². The van der Waals surface area contributed by atoms with Crippen LogP contribution in [0.3, 0.4) is 0 Å². The molecule has 2 rings (SSSR count). The van der Waals surface area contributed by atoms with Crippen molar-refractivity contribution in [3.8, 4) is 0 Å². The number of aliphatic hydroxyl groups is 1. The summed E-state index contributed by atoms with van der Waals surface area (Å²) in [5, 5.41) is 9.46. The van der Waals surface area contributed by atoms with E-state index in [2.05, 4.69) is 6.92 Å². The minimum atomic E-state index is -0.519. The maximum atomic E-state index is 11.7. The first-order valence-electron chi connectivity index (χ1n) is 5.55. The highest BCUT2D eigenvalue weighted by atomic mass is 16.3. The maximum Gasteiger partial charge on any atom is 0.229 e. The highest BCUT2D eigenvalue weighted by Gasteiger charge is 2.29. The Kier molecular flexibility index (Phi) is 2.72. The van der Waals surface area contributed by atoms with Gasteiger partial charge in [0.05, 0.1) is 19.1 Å². The summed E-state index contributed by atoms with van der Waals surface area (Å²) in [7, 11) is 0. The fourth-order valence-corrected chi connectivity index (χ4v) is 2.11. The van der Waals surface area contributed by atoms with Gasteiger partial charge in [-0.15, -0.1) is 0 Å². The molecule has 0 spiro atoms. The summed E-state index contributed by atoms with van der Waals surface area (Å²) in [6.07, 6.45) is -0.277. The average molecular weight is 219 g/mol. The number of carbonyl (C=O) groups excluding carboxylic acids is 1. The molecule has 1 aromatic carbocycles. The first-order chi connectivity index (χ1) is 7.49. The van der Waals surface area contributed by atoms with Gasteiger partial charge in [-0.2, -0.15) is 0 Å². The van der Waals surface area contributed by atoms with Crippen molar-refractivity contribution in [2.24, 2.45) is 0 Å². The minimum absolute atomic E-state index is 0.00940. The minimum Gasteiger partial charge on any atom is -0.391 e. The zero-order chi connectivity index (χ0) is 11.9. The van der Waals surface area contributed by atoms with Crippen LogP contribution in [0.2, 0.25) is 0 Å². The SMILES string of the molecule is Cc1cc(N2CC(O)CC2=O)cc(C)c1C. The third-order valence-corrected chi connectivity index (χ3v) is 3.33. The van der Waals surface area contributed by atoms with Crippen LogP contribution in [-0.4, -0.2) is 23.7 Å². The van der Waals surface area contributed by atoms with Crippen LogP contribution in [0.1, 0.15) is 23.1 Å². The second-order valence-corrected chi connectivity index (χ2v) is 4.57. The van der Waals surface area contributed by atoms with Crippen LogP contribution >= 0.6 is 0 Å². The number of rotatable bonds is 1. The molecule has 1 unspecified atom stereocenters. The number of amides is 1. The van der Waals surface area contributed by atoms with E-state index in [-0.39, 0.29) is 12.3 Å². The number of benzene rings is 1. The Bertz CT molecular complexity index is 417. The van der Waals surface area contributed by atoms with Gasteiger partial charge in [-0.25, -0.2) is 0 Å². The van der Waals surface area contributed by atoms with Crippen LogP contribution in [0.15, 0.2) is 12.1 Å². The molecule has 16 heavy (non-hydrogen) atoms. The molecule has 1 heterocycles. The van der Waals surface area contributed by atoms with E-state index in [1.54, 1.807) is 4.90 Å². The molecule has 1 fully saturated rings. The Morgan fingerprint density at radius 1 is 1.25 bits per heavy atom. The quantitative estimate of drug-likeness (QED) is 0.781. The number of aliphatic hydroxyl groups excluding tert-OH is 1. The Morgan fingerprint density at radius 3 is 2.25 bits per heavy atom. The number of aryl methyl sites for hydroxylation is 2. The van der Waals surface area contributed by atoms with Gasteiger partial charge in [-0.1, -0.05) is 0 Å². The molecular formula is C13H17NO2. The molecule has 1 amide bonds. The summed E-state index contributed by atoms with van der Waals surface area (Å²) < 4.78 is 0. The van der Waals surface area contributed by atoms with Crippen LogP contribution in [0.4, 0.5) is 5.69 Å². The van der Waals surface area contributed by atoms with E-state index in [9.17, 15) is 9.90 Å². The van der Waals surface area contributed by atoms with Crippen molar-refractivity contribution in [3.63, 3.8) is 0 Å². The molecule has 0 saturated carbocycles. The van der Waals surface area contributed by atoms with Gasteiger partial charge < -0.3 is 10.0 Å². The van der Waals surface area contributed by atoms with Crippen molar-refractivity contribution >= 4 is 11.6 Å². The molecule has 0 aromatic heterocycles. The molecule has 1 N–H and O–H groups in total. The van der Waals surface area contributed by atoms with Crippen molar-refractivity contribution in [1.29, 1.82) is 0 Å². The molecule has 0 bridgehead atoms. The second kappa shape index (κ2) is 3.91. The number of hydrogen-bond acceptors (Lipinski definition) is 2. The van der Waals surface area contributed by atoms with E-state index in [0.717, 1.165) is 5.69 Å². The second-order valence-electron chi connectivity index (χ2n) is 4.57. The first kappa shape index (κ1) is 11.1. The fourth-order valence-electron chi connectivity index (χ4n) is 2.11. The fraction of sp³-hybridized carbons (Fsp3) is 0.462. The lowest BCUT2D eigenvalue weighted by atomic mass is 10.0. The molecule has 1 aliphatic heterocycles. The molecule has 3 heteroatoms. The maximum absolute atomic E-state index is 11.7. The summed E-state index contributed by atoms with van der Waals surface area (Å²) in [5.74, 6) is 0.00940. The van der Waals surface area contributed by atoms with Crippen LogP contribution in [0, 0.1) is 20.8 Å². The lowest BCUT2D eigenvalue weighted by Crippen LogP contribution is -2.25. The smallest absolute Gasteiger partial charge is 0.229 e. The molecule has 86 valence electrons. The number of nitrogens with zero attached hydrogens (tertiary/aromatic N) is 1. The molecule has 0 radical (unpaired) electrons. The number of anilines is 1. The molecule has 1 aromatic rings. The van der Waals surface area contributed by atoms with Crippen molar-refractivity contribution in [2.45, 2.75) is 33.3 Å². The molecular weight excluding hydrogens is 202 g/mol. The van der Waals surface area contributed by atoms with Gasteiger partial charge in [0.25, 0.3) is 0 Å². The third kappa shape index (κ3) is 1.83. The normalized spacial score (nSPS) is 20.6. The predicted octanol–water partition coefficient (Wildman–Crippen LogP) is 1.71. The van der Waals surface area contributed by atoms with Crippen LogP contribution in [-0.2, 0) is 4.79 Å². The predicted molar refractivity (Wildman–Crippen MR) is 63.6 cm³/mol. The zero-order valence-electron chi connectivity index (χ0n) is 9.95. The lowest BCUT2D eigenvalue weighted by molar-refractivity contribution is -0.117. The van der Waals surface area contributed by atoms with E-state index in [1.165, 1.54) is 16.7 Å². The van der Waals surface area contributed by atoms with Crippen LogP contribution in [0.5, 0.6) is 0 Å². The average Bonchev–Trinajstić information content (AvgIpc) is 2.53. The summed E-state index contributed by atoms with van der Waals surface area (Å²) in [6.45, 7) is 6.58. The molecule has 1 saturated heterocycles. The van der Waals surface area contributed by atoms with Gasteiger partial charge in [0.1, 0.15) is 0 Å². The Labute approximate surface area is 95.7 Å². The summed E-state index contributed by atoms with van der Waals surface area (Å²) in [4.78, 5) is 13.3. The van der Waals surface area contributed by atoms with Gasteiger partial charge in [0.2, 0.25) is 5.91 Å². The zero-order valence-corrected chi connectivity index (χ0v) is 9.95. The van der Waals surface area contributed by atoms with Gasteiger partial charge >= 0.3 is 0 Å². The van der Waals surface area contributed by atoms with E-state index >= 15 is 0 Å². The van der Waals surface area contributed by atoms with E-state index in [0.29, 0.717) is 6.54 Å².